The summed E-state index contributed by atoms with van der Waals surface area (Å²) < 4.78 is 0. The van der Waals surface area contributed by atoms with Gasteiger partial charge in [0.15, 0.2) is 0 Å². The fourth-order valence-corrected chi connectivity index (χ4v) is 1.15. The van der Waals surface area contributed by atoms with Crippen molar-refractivity contribution >= 4 is 5.91 Å². The molecule has 1 radical (unpaired) electrons. The first-order valence-corrected chi connectivity index (χ1v) is 5.37. The largest absolute Gasteiger partial charge is 0.356 e. The van der Waals surface area contributed by atoms with Crippen LogP contribution >= 0.6 is 0 Å². The van der Waals surface area contributed by atoms with Crippen LogP contribution in [0.3, 0.4) is 0 Å². The van der Waals surface area contributed by atoms with Gasteiger partial charge in [-0.3, -0.25) is 4.79 Å². The molecule has 0 rings (SSSR count). The van der Waals surface area contributed by atoms with Crippen LogP contribution in [0.4, 0.5) is 0 Å². The van der Waals surface area contributed by atoms with E-state index in [9.17, 15) is 4.79 Å². The van der Waals surface area contributed by atoms with Gasteiger partial charge in [-0.1, -0.05) is 39.5 Å². The molecule has 2 heteroatoms. The second-order valence-electron chi connectivity index (χ2n) is 3.37. The van der Waals surface area contributed by atoms with Crippen molar-refractivity contribution in [3.63, 3.8) is 0 Å². The molecule has 0 bridgehead atoms. The summed E-state index contributed by atoms with van der Waals surface area (Å²) in [6.07, 6.45) is 7.16. The molecule has 13 heavy (non-hydrogen) atoms. The second kappa shape index (κ2) is 9.56. The highest BCUT2D eigenvalue weighted by atomic mass is 16.1. The fraction of sp³-hybridized carbons (Fsp3) is 0.818. The van der Waals surface area contributed by atoms with E-state index >= 15 is 0 Å². The van der Waals surface area contributed by atoms with Gasteiger partial charge in [0.25, 0.3) is 0 Å². The normalized spacial score (nSPS) is 10.0. The zero-order valence-electron chi connectivity index (χ0n) is 8.77. The fourth-order valence-electron chi connectivity index (χ4n) is 1.15. The Balaban J connectivity index is 3.11. The smallest absolute Gasteiger partial charge is 0.219 e. The van der Waals surface area contributed by atoms with Gasteiger partial charge in [-0.05, 0) is 12.8 Å². The summed E-state index contributed by atoms with van der Waals surface area (Å²) in [5.41, 5.74) is 0. The highest BCUT2D eigenvalue weighted by Gasteiger charge is 1.98. The molecule has 0 fully saturated rings. The number of carbonyl (C=O) groups is 1. The van der Waals surface area contributed by atoms with Gasteiger partial charge in [0.05, 0.1) is 0 Å². The lowest BCUT2D eigenvalue weighted by atomic mass is 10.2. The van der Waals surface area contributed by atoms with E-state index in [0.29, 0.717) is 6.42 Å². The lowest BCUT2D eigenvalue weighted by molar-refractivity contribution is -0.121. The lowest BCUT2D eigenvalue weighted by Gasteiger charge is -2.03. The summed E-state index contributed by atoms with van der Waals surface area (Å²) >= 11 is 0. The Bertz CT molecular complexity index is 123. The predicted molar refractivity (Wildman–Crippen MR) is 56.4 cm³/mol. The summed E-state index contributed by atoms with van der Waals surface area (Å²) in [6, 6.07) is 0. The number of nitrogens with one attached hydrogen (secondary N) is 1. The molecule has 0 aliphatic heterocycles. The summed E-state index contributed by atoms with van der Waals surface area (Å²) in [4.78, 5) is 11.1. The van der Waals surface area contributed by atoms with Gasteiger partial charge in [-0.25, -0.2) is 0 Å². The Kier molecular flexibility index (Phi) is 9.17. The van der Waals surface area contributed by atoms with Crippen molar-refractivity contribution in [2.24, 2.45) is 0 Å². The minimum atomic E-state index is 0.199. The van der Waals surface area contributed by atoms with Crippen molar-refractivity contribution in [3.8, 4) is 0 Å². The van der Waals surface area contributed by atoms with Crippen molar-refractivity contribution in [3.05, 3.63) is 6.92 Å². The highest BCUT2D eigenvalue weighted by Crippen LogP contribution is 1.98. The number of rotatable bonds is 8. The quantitative estimate of drug-likeness (QED) is 0.577. The summed E-state index contributed by atoms with van der Waals surface area (Å²) in [5, 5.41) is 2.92. The number of hydrogen-bond donors (Lipinski definition) is 1. The lowest BCUT2D eigenvalue weighted by Crippen LogP contribution is -2.23. The molecule has 0 aromatic rings. The van der Waals surface area contributed by atoms with E-state index in [0.717, 1.165) is 32.2 Å². The molecule has 0 aliphatic carbocycles. The van der Waals surface area contributed by atoms with Crippen molar-refractivity contribution in [2.75, 3.05) is 6.54 Å². The van der Waals surface area contributed by atoms with E-state index in [-0.39, 0.29) is 5.91 Å². The number of unbranched alkanes of at least 4 members (excludes halogenated alkanes) is 4. The van der Waals surface area contributed by atoms with Gasteiger partial charge in [-0.15, -0.1) is 0 Å². The molecule has 0 aromatic carbocycles. The highest BCUT2D eigenvalue weighted by molar-refractivity contribution is 5.75. The van der Waals surface area contributed by atoms with Crippen LogP contribution in [0.25, 0.3) is 0 Å². The van der Waals surface area contributed by atoms with Crippen molar-refractivity contribution in [1.29, 1.82) is 0 Å². The van der Waals surface area contributed by atoms with E-state index < -0.39 is 0 Å². The molecule has 0 aliphatic rings. The first-order chi connectivity index (χ1) is 6.31. The van der Waals surface area contributed by atoms with Crippen molar-refractivity contribution in [1.82, 2.24) is 5.32 Å². The van der Waals surface area contributed by atoms with Crippen LogP contribution in [0.2, 0.25) is 0 Å². The first-order valence-electron chi connectivity index (χ1n) is 5.37. The molecule has 0 unspecified atom stereocenters. The molecular formula is C11H22NO. The molecule has 0 spiro atoms. The molecule has 1 N–H and O–H groups in total. The van der Waals surface area contributed by atoms with Gasteiger partial charge in [0.2, 0.25) is 5.91 Å². The average molecular weight is 184 g/mol. The maximum atomic E-state index is 11.1. The van der Waals surface area contributed by atoms with E-state index in [1.54, 1.807) is 0 Å². The van der Waals surface area contributed by atoms with Gasteiger partial charge in [-0.2, -0.15) is 0 Å². The van der Waals surface area contributed by atoms with Gasteiger partial charge < -0.3 is 5.32 Å². The summed E-state index contributed by atoms with van der Waals surface area (Å²) in [5.74, 6) is 0.199. The molecule has 0 atom stereocenters. The van der Waals surface area contributed by atoms with E-state index in [4.69, 9.17) is 0 Å². The third-order valence-corrected chi connectivity index (χ3v) is 2.01. The van der Waals surface area contributed by atoms with Gasteiger partial charge in [0.1, 0.15) is 0 Å². The summed E-state index contributed by atoms with van der Waals surface area (Å²) in [7, 11) is 0. The van der Waals surface area contributed by atoms with Gasteiger partial charge in [0, 0.05) is 13.0 Å². The SMILES string of the molecule is [CH2]CCCCC(=O)NCCCCC. The van der Waals surface area contributed by atoms with Crippen LogP contribution in [0, 0.1) is 6.92 Å². The average Bonchev–Trinajstić information content (AvgIpc) is 2.13. The van der Waals surface area contributed by atoms with Crippen LogP contribution in [-0.4, -0.2) is 12.5 Å². The molecule has 0 saturated heterocycles. The Labute approximate surface area is 82.1 Å². The molecule has 0 heterocycles. The minimum Gasteiger partial charge on any atom is -0.356 e. The van der Waals surface area contributed by atoms with Crippen LogP contribution in [-0.2, 0) is 4.79 Å². The number of hydrogen-bond acceptors (Lipinski definition) is 1. The maximum absolute atomic E-state index is 11.1. The molecule has 2 nitrogen and oxygen atoms in total. The Morgan fingerprint density at radius 2 is 2.00 bits per heavy atom. The van der Waals surface area contributed by atoms with E-state index in [2.05, 4.69) is 19.2 Å². The molecule has 0 saturated carbocycles. The van der Waals surface area contributed by atoms with Crippen molar-refractivity contribution in [2.45, 2.75) is 51.9 Å². The standard InChI is InChI=1S/C11H22NO/c1-3-5-7-9-11(13)12-10-8-6-4-2/h1,3-10H2,2H3,(H,12,13). The van der Waals surface area contributed by atoms with E-state index in [1.807, 2.05) is 0 Å². The van der Waals surface area contributed by atoms with Crippen molar-refractivity contribution < 1.29 is 4.79 Å². The van der Waals surface area contributed by atoms with Gasteiger partial charge >= 0.3 is 0 Å². The molecule has 77 valence electrons. The van der Waals surface area contributed by atoms with E-state index in [1.165, 1.54) is 12.8 Å². The third kappa shape index (κ3) is 9.38. The molecular weight excluding hydrogens is 162 g/mol. The zero-order chi connectivity index (χ0) is 9.94. The Hall–Kier alpha value is -0.530. The minimum absolute atomic E-state index is 0.199. The monoisotopic (exact) mass is 184 g/mol. The zero-order valence-corrected chi connectivity index (χ0v) is 8.77. The third-order valence-electron chi connectivity index (χ3n) is 2.01. The van der Waals surface area contributed by atoms with Crippen LogP contribution in [0.15, 0.2) is 0 Å². The van der Waals surface area contributed by atoms with Crippen LogP contribution < -0.4 is 5.32 Å². The summed E-state index contributed by atoms with van der Waals surface area (Å²) in [6.45, 7) is 6.74. The molecule has 1 amide bonds. The first kappa shape index (κ1) is 12.5. The molecule has 0 aromatic heterocycles. The van der Waals surface area contributed by atoms with Crippen LogP contribution in [0.1, 0.15) is 51.9 Å². The van der Waals surface area contributed by atoms with Crippen LogP contribution in [0.5, 0.6) is 0 Å². The Morgan fingerprint density at radius 1 is 1.23 bits per heavy atom. The maximum Gasteiger partial charge on any atom is 0.219 e. The number of carbonyl (C=O) groups excluding carboxylic acids is 1. The Morgan fingerprint density at radius 3 is 2.62 bits per heavy atom. The topological polar surface area (TPSA) is 29.1 Å². The number of amides is 1. The predicted octanol–water partition coefficient (Wildman–Crippen LogP) is 2.69. The second-order valence-corrected chi connectivity index (χ2v) is 3.37.